The molecule has 1 aromatic heterocycles. The number of anilines is 1. The average molecular weight is 447 g/mol. The number of hydrogen-bond acceptors (Lipinski definition) is 4. The van der Waals surface area contributed by atoms with Gasteiger partial charge in [-0.15, -0.1) is 0 Å². The molecule has 2 N–H and O–H groups in total. The second-order valence-electron chi connectivity index (χ2n) is 5.37. The summed E-state index contributed by atoms with van der Waals surface area (Å²) in [5.74, 6) is -0.693. The second-order valence-corrected chi connectivity index (χ2v) is 6.72. The summed E-state index contributed by atoms with van der Waals surface area (Å²) in [6, 6.07) is 17.5. The molecule has 8 heteroatoms. The van der Waals surface area contributed by atoms with E-state index in [9.17, 15) is 9.59 Å². The van der Waals surface area contributed by atoms with Crippen LogP contribution in [-0.4, -0.2) is 18.0 Å². The van der Waals surface area contributed by atoms with E-state index in [1.165, 1.54) is 6.21 Å². The Labute approximate surface area is 168 Å². The minimum absolute atomic E-state index is 0.415. The maximum absolute atomic E-state index is 11.8. The minimum Gasteiger partial charge on any atom is -0.455 e. The third-order valence-electron chi connectivity index (χ3n) is 3.40. The molecule has 1 heterocycles. The molecule has 0 bridgehead atoms. The van der Waals surface area contributed by atoms with Gasteiger partial charge in [0.2, 0.25) is 0 Å². The number of halogens is 2. The number of nitrogens with zero attached hydrogens (tertiary/aromatic N) is 1. The number of rotatable bonds is 4. The summed E-state index contributed by atoms with van der Waals surface area (Å²) in [7, 11) is 0. The molecule has 0 aliphatic rings. The molecule has 3 aromatic rings. The van der Waals surface area contributed by atoms with Crippen LogP contribution in [0.2, 0.25) is 5.02 Å². The third-order valence-corrected chi connectivity index (χ3v) is 4.17. The highest BCUT2D eigenvalue weighted by atomic mass is 79.9. The summed E-state index contributed by atoms with van der Waals surface area (Å²) in [6.45, 7) is 0. The van der Waals surface area contributed by atoms with Gasteiger partial charge in [0.1, 0.15) is 11.5 Å². The van der Waals surface area contributed by atoms with Crippen LogP contribution in [0.5, 0.6) is 0 Å². The first-order valence-corrected chi connectivity index (χ1v) is 8.94. The van der Waals surface area contributed by atoms with Crippen LogP contribution in [0.4, 0.5) is 5.69 Å². The number of hydrazone groups is 1. The van der Waals surface area contributed by atoms with Crippen LogP contribution in [-0.2, 0) is 9.59 Å². The predicted octanol–water partition coefficient (Wildman–Crippen LogP) is 4.45. The molecule has 0 radical (unpaired) electrons. The molecule has 0 saturated heterocycles. The van der Waals surface area contributed by atoms with E-state index in [1.807, 2.05) is 12.1 Å². The summed E-state index contributed by atoms with van der Waals surface area (Å²) >= 11 is 9.25. The van der Waals surface area contributed by atoms with E-state index in [0.29, 0.717) is 22.2 Å². The van der Waals surface area contributed by atoms with Gasteiger partial charge < -0.3 is 9.73 Å². The number of carbonyl (C=O) groups is 2. The number of amides is 2. The van der Waals surface area contributed by atoms with Crippen molar-refractivity contribution in [1.82, 2.24) is 5.43 Å². The fourth-order valence-electron chi connectivity index (χ4n) is 2.15. The van der Waals surface area contributed by atoms with Crippen molar-refractivity contribution in [2.45, 2.75) is 0 Å². The molecule has 27 heavy (non-hydrogen) atoms. The van der Waals surface area contributed by atoms with E-state index in [0.717, 1.165) is 10.0 Å². The highest BCUT2D eigenvalue weighted by Crippen LogP contribution is 2.24. The van der Waals surface area contributed by atoms with E-state index < -0.39 is 11.8 Å². The monoisotopic (exact) mass is 445 g/mol. The molecule has 0 atom stereocenters. The van der Waals surface area contributed by atoms with Gasteiger partial charge in [-0.3, -0.25) is 9.59 Å². The Bertz CT molecular complexity index is 999. The average Bonchev–Trinajstić information content (AvgIpc) is 3.12. The van der Waals surface area contributed by atoms with E-state index in [-0.39, 0.29) is 0 Å². The van der Waals surface area contributed by atoms with E-state index in [1.54, 1.807) is 48.5 Å². The summed E-state index contributed by atoms with van der Waals surface area (Å²) in [6.07, 6.45) is 1.30. The van der Waals surface area contributed by atoms with Crippen molar-refractivity contribution in [2.24, 2.45) is 5.10 Å². The molecule has 0 saturated carbocycles. The maximum Gasteiger partial charge on any atom is 0.329 e. The second kappa shape index (κ2) is 8.66. The van der Waals surface area contributed by atoms with Gasteiger partial charge in [0.25, 0.3) is 0 Å². The smallest absolute Gasteiger partial charge is 0.329 e. The Balaban J connectivity index is 1.56. The highest BCUT2D eigenvalue weighted by Gasteiger charge is 2.12. The van der Waals surface area contributed by atoms with Crippen molar-refractivity contribution in [3.05, 3.63) is 75.9 Å². The fourth-order valence-corrected chi connectivity index (χ4v) is 2.60. The normalized spacial score (nSPS) is 10.7. The quantitative estimate of drug-likeness (QED) is 0.353. The molecule has 0 fully saturated rings. The number of hydrogen-bond donors (Lipinski definition) is 2. The molecular formula is C19H13BrClN3O3. The first kappa shape index (κ1) is 18.9. The summed E-state index contributed by atoms with van der Waals surface area (Å²) in [4.78, 5) is 23.6. The minimum atomic E-state index is -0.893. The summed E-state index contributed by atoms with van der Waals surface area (Å²) in [5.41, 5.74) is 3.47. The molecule has 0 aliphatic carbocycles. The Hall–Kier alpha value is -2.90. The van der Waals surface area contributed by atoms with E-state index >= 15 is 0 Å². The van der Waals surface area contributed by atoms with Crippen LogP contribution >= 0.6 is 27.5 Å². The number of benzene rings is 2. The lowest BCUT2D eigenvalue weighted by Gasteiger charge is -2.03. The molecule has 2 aromatic carbocycles. The van der Waals surface area contributed by atoms with Crippen LogP contribution in [0.25, 0.3) is 11.3 Å². The van der Waals surface area contributed by atoms with E-state index in [4.69, 9.17) is 16.0 Å². The first-order valence-electron chi connectivity index (χ1n) is 7.77. The number of nitrogens with one attached hydrogen (secondary N) is 2. The van der Waals surface area contributed by atoms with Gasteiger partial charge in [0.15, 0.2) is 0 Å². The fraction of sp³-hybridized carbons (Fsp3) is 0. The summed E-state index contributed by atoms with van der Waals surface area (Å²) < 4.78 is 6.48. The molecular weight excluding hydrogens is 434 g/mol. The molecule has 6 nitrogen and oxygen atoms in total. The molecule has 3 rings (SSSR count). The highest BCUT2D eigenvalue weighted by molar-refractivity contribution is 9.10. The van der Waals surface area contributed by atoms with Crippen molar-refractivity contribution in [1.29, 1.82) is 0 Å². The maximum atomic E-state index is 11.8. The van der Waals surface area contributed by atoms with Gasteiger partial charge in [-0.1, -0.05) is 39.7 Å². The van der Waals surface area contributed by atoms with Crippen LogP contribution in [0.1, 0.15) is 5.76 Å². The van der Waals surface area contributed by atoms with Gasteiger partial charge in [-0.25, -0.2) is 5.43 Å². The Morgan fingerprint density at radius 3 is 2.56 bits per heavy atom. The van der Waals surface area contributed by atoms with Crippen LogP contribution in [0, 0.1) is 0 Å². The molecule has 2 amide bonds. The van der Waals surface area contributed by atoms with Crippen molar-refractivity contribution < 1.29 is 14.0 Å². The first-order chi connectivity index (χ1) is 13.0. The third kappa shape index (κ3) is 5.29. The lowest BCUT2D eigenvalue weighted by molar-refractivity contribution is -0.136. The van der Waals surface area contributed by atoms with Gasteiger partial charge >= 0.3 is 11.8 Å². The van der Waals surface area contributed by atoms with Crippen molar-refractivity contribution >= 4 is 51.2 Å². The Morgan fingerprint density at radius 2 is 1.81 bits per heavy atom. The van der Waals surface area contributed by atoms with Gasteiger partial charge in [-0.05, 0) is 48.5 Å². The summed E-state index contributed by atoms with van der Waals surface area (Å²) in [5, 5.41) is 6.80. The Morgan fingerprint density at radius 1 is 1.04 bits per heavy atom. The van der Waals surface area contributed by atoms with Gasteiger partial charge in [0.05, 0.1) is 6.21 Å². The van der Waals surface area contributed by atoms with Crippen molar-refractivity contribution in [2.75, 3.05) is 5.32 Å². The van der Waals surface area contributed by atoms with Crippen LogP contribution < -0.4 is 10.7 Å². The number of carbonyl (C=O) groups excluding carboxylic acids is 2. The molecule has 0 aliphatic heterocycles. The topological polar surface area (TPSA) is 83.7 Å². The zero-order valence-corrected chi connectivity index (χ0v) is 16.1. The van der Waals surface area contributed by atoms with Crippen molar-refractivity contribution in [3.8, 4) is 11.3 Å². The van der Waals surface area contributed by atoms with Gasteiger partial charge in [0, 0.05) is 20.7 Å². The molecule has 0 spiro atoms. The SMILES string of the molecule is O=C(N/N=C/c1ccc(-c2cccc(Cl)c2)o1)C(=O)Nc1ccc(Br)cc1. The lowest BCUT2D eigenvalue weighted by Crippen LogP contribution is -2.32. The molecule has 0 unspecified atom stereocenters. The number of furan rings is 1. The lowest BCUT2D eigenvalue weighted by atomic mass is 10.2. The zero-order valence-electron chi connectivity index (χ0n) is 13.8. The largest absolute Gasteiger partial charge is 0.455 e. The Kier molecular flexibility index (Phi) is 6.05. The van der Waals surface area contributed by atoms with E-state index in [2.05, 4.69) is 31.8 Å². The van der Waals surface area contributed by atoms with Crippen molar-refractivity contribution in [3.63, 3.8) is 0 Å². The van der Waals surface area contributed by atoms with Crippen LogP contribution in [0.3, 0.4) is 0 Å². The predicted molar refractivity (Wildman–Crippen MR) is 108 cm³/mol. The van der Waals surface area contributed by atoms with Crippen LogP contribution in [0.15, 0.2) is 74.7 Å². The molecule has 136 valence electrons. The standard InChI is InChI=1S/C19H13BrClN3O3/c20-13-4-6-15(7-5-13)23-18(25)19(26)24-22-11-16-8-9-17(27-16)12-2-1-3-14(21)10-12/h1-11H,(H,23,25)(H,24,26)/b22-11+. The zero-order chi connectivity index (χ0) is 19.2. The van der Waals surface area contributed by atoms with Gasteiger partial charge in [-0.2, -0.15) is 5.10 Å².